The normalized spacial score (nSPS) is 15.8. The van der Waals surface area contributed by atoms with Crippen LogP contribution in [0.5, 0.6) is 5.75 Å². The predicted molar refractivity (Wildman–Crippen MR) is 84.4 cm³/mol. The first-order chi connectivity index (χ1) is 10.8. The molecule has 3 heterocycles. The molecule has 0 saturated carbocycles. The van der Waals surface area contributed by atoms with Gasteiger partial charge in [-0.15, -0.1) is 0 Å². The van der Waals surface area contributed by atoms with Crippen molar-refractivity contribution in [1.29, 1.82) is 0 Å². The second-order valence-corrected chi connectivity index (χ2v) is 6.58. The van der Waals surface area contributed by atoms with Gasteiger partial charge in [0, 0.05) is 24.1 Å². The van der Waals surface area contributed by atoms with Crippen LogP contribution in [0, 0.1) is 0 Å². The fourth-order valence-corrected chi connectivity index (χ4v) is 3.78. The molecule has 5 nitrogen and oxygen atoms in total. The van der Waals surface area contributed by atoms with Crippen LogP contribution < -0.4 is 10.1 Å². The summed E-state index contributed by atoms with van der Waals surface area (Å²) >= 11 is 1.76. The Hall–Kier alpha value is -1.95. The zero-order valence-corrected chi connectivity index (χ0v) is 13.0. The lowest BCUT2D eigenvalue weighted by Crippen LogP contribution is -2.23. The van der Waals surface area contributed by atoms with Crippen LogP contribution >= 0.6 is 11.8 Å². The van der Waals surface area contributed by atoms with Crippen LogP contribution in [0.25, 0.3) is 0 Å². The maximum absolute atomic E-state index is 12.3. The monoisotopic (exact) mass is 315 g/mol. The number of rotatable bonds is 3. The Balaban J connectivity index is 1.43. The van der Waals surface area contributed by atoms with Crippen LogP contribution in [-0.2, 0) is 19.5 Å². The van der Waals surface area contributed by atoms with Crippen molar-refractivity contribution >= 4 is 17.7 Å². The second-order valence-electron chi connectivity index (χ2n) is 5.51. The van der Waals surface area contributed by atoms with E-state index in [0.717, 1.165) is 53.9 Å². The van der Waals surface area contributed by atoms with E-state index in [1.165, 1.54) is 0 Å². The van der Waals surface area contributed by atoms with E-state index in [-0.39, 0.29) is 5.91 Å². The van der Waals surface area contributed by atoms with Gasteiger partial charge in [-0.1, -0.05) is 11.8 Å². The molecule has 0 aliphatic carbocycles. The molecule has 114 valence electrons. The lowest BCUT2D eigenvalue weighted by atomic mass is 10.0. The number of carbonyl (C=O) groups is 1. The number of hydrogen-bond donors (Lipinski definition) is 1. The first-order valence-electron chi connectivity index (χ1n) is 7.52. The summed E-state index contributed by atoms with van der Waals surface area (Å²) in [4.78, 5) is 16.8. The summed E-state index contributed by atoms with van der Waals surface area (Å²) in [5, 5.41) is 4.00. The molecule has 4 rings (SSSR count). The summed E-state index contributed by atoms with van der Waals surface area (Å²) in [6, 6.07) is 5.65. The molecule has 0 spiro atoms. The van der Waals surface area contributed by atoms with Crippen LogP contribution in [0.3, 0.4) is 0 Å². The summed E-state index contributed by atoms with van der Waals surface area (Å²) in [5.41, 5.74) is 2.72. The van der Waals surface area contributed by atoms with E-state index >= 15 is 0 Å². The molecule has 1 aromatic heterocycles. The van der Waals surface area contributed by atoms with Gasteiger partial charge in [0.2, 0.25) is 0 Å². The minimum Gasteiger partial charge on any atom is -0.493 e. The molecule has 0 radical (unpaired) electrons. The molecule has 6 heteroatoms. The Kier molecular flexibility index (Phi) is 3.54. The quantitative estimate of drug-likeness (QED) is 0.944. The number of aryl methyl sites for hydroxylation is 2. The van der Waals surface area contributed by atoms with Crippen molar-refractivity contribution < 1.29 is 9.53 Å². The van der Waals surface area contributed by atoms with Gasteiger partial charge in [-0.2, -0.15) is 0 Å². The second kappa shape index (κ2) is 5.68. The van der Waals surface area contributed by atoms with Crippen molar-refractivity contribution in [2.45, 2.75) is 31.1 Å². The van der Waals surface area contributed by atoms with E-state index in [0.29, 0.717) is 12.1 Å². The number of benzene rings is 1. The largest absolute Gasteiger partial charge is 0.493 e. The third kappa shape index (κ3) is 2.59. The highest BCUT2D eigenvalue weighted by Crippen LogP contribution is 2.26. The first kappa shape index (κ1) is 13.7. The summed E-state index contributed by atoms with van der Waals surface area (Å²) in [5.74, 6) is 1.94. The Morgan fingerprint density at radius 2 is 2.41 bits per heavy atom. The van der Waals surface area contributed by atoms with Gasteiger partial charge in [-0.25, -0.2) is 4.98 Å². The van der Waals surface area contributed by atoms with Crippen molar-refractivity contribution in [3.05, 3.63) is 41.2 Å². The maximum Gasteiger partial charge on any atom is 0.251 e. The van der Waals surface area contributed by atoms with Gasteiger partial charge >= 0.3 is 0 Å². The number of nitrogens with zero attached hydrogens (tertiary/aromatic N) is 2. The van der Waals surface area contributed by atoms with Gasteiger partial charge in [0.05, 0.1) is 18.8 Å². The number of hydrogen-bond acceptors (Lipinski definition) is 4. The van der Waals surface area contributed by atoms with Crippen LogP contribution in [0.2, 0.25) is 0 Å². The highest BCUT2D eigenvalue weighted by atomic mass is 32.2. The average molecular weight is 315 g/mol. The smallest absolute Gasteiger partial charge is 0.251 e. The number of ether oxygens (including phenoxy) is 1. The molecule has 0 atom stereocenters. The van der Waals surface area contributed by atoms with Crippen LogP contribution in [-0.4, -0.2) is 27.8 Å². The Morgan fingerprint density at radius 1 is 1.45 bits per heavy atom. The molecule has 0 unspecified atom stereocenters. The molecule has 1 amide bonds. The van der Waals surface area contributed by atoms with Gasteiger partial charge in [0.25, 0.3) is 5.91 Å². The van der Waals surface area contributed by atoms with Crippen LogP contribution in [0.1, 0.15) is 28.0 Å². The topological polar surface area (TPSA) is 56.2 Å². The number of aromatic nitrogens is 2. The van der Waals surface area contributed by atoms with E-state index in [1.807, 2.05) is 24.4 Å². The van der Waals surface area contributed by atoms with Crippen molar-refractivity contribution in [3.8, 4) is 5.75 Å². The summed E-state index contributed by atoms with van der Waals surface area (Å²) in [6.45, 7) is 2.24. The van der Waals surface area contributed by atoms with E-state index < -0.39 is 0 Å². The fourth-order valence-electron chi connectivity index (χ4n) is 2.82. The van der Waals surface area contributed by atoms with Gasteiger partial charge < -0.3 is 14.6 Å². The van der Waals surface area contributed by atoms with Gasteiger partial charge in [0.15, 0.2) is 5.16 Å². The Morgan fingerprint density at radius 3 is 3.32 bits per heavy atom. The van der Waals surface area contributed by atoms with Crippen molar-refractivity contribution in [2.24, 2.45) is 0 Å². The minimum absolute atomic E-state index is 0.0609. The van der Waals surface area contributed by atoms with Gasteiger partial charge in [-0.3, -0.25) is 4.79 Å². The minimum atomic E-state index is -0.0609. The molecule has 2 aliphatic heterocycles. The molecule has 0 fully saturated rings. The highest BCUT2D eigenvalue weighted by molar-refractivity contribution is 7.99. The van der Waals surface area contributed by atoms with Crippen molar-refractivity contribution in [2.75, 3.05) is 12.4 Å². The number of thioether (sulfide) groups is 1. The number of carbonyl (C=O) groups excluding carboxylic acids is 1. The molecule has 2 aliphatic rings. The molecular formula is C16H17N3O2S. The molecule has 22 heavy (non-hydrogen) atoms. The van der Waals surface area contributed by atoms with E-state index in [4.69, 9.17) is 4.74 Å². The predicted octanol–water partition coefficient (Wildman–Crippen LogP) is 2.24. The van der Waals surface area contributed by atoms with E-state index in [1.54, 1.807) is 11.8 Å². The SMILES string of the molecule is O=C(NCc1cn2c(n1)SCC2)c1ccc2c(c1)CCCO2. The van der Waals surface area contributed by atoms with E-state index in [9.17, 15) is 4.79 Å². The molecule has 0 saturated heterocycles. The Bertz CT molecular complexity index is 705. The fraction of sp³-hybridized carbons (Fsp3) is 0.375. The van der Waals surface area contributed by atoms with Gasteiger partial charge in [-0.05, 0) is 36.6 Å². The summed E-state index contributed by atoms with van der Waals surface area (Å²) in [6.07, 6.45) is 4.01. The molecule has 2 aromatic rings. The lowest BCUT2D eigenvalue weighted by molar-refractivity contribution is 0.0950. The summed E-state index contributed by atoms with van der Waals surface area (Å²) < 4.78 is 7.72. The average Bonchev–Trinajstić information content (AvgIpc) is 3.13. The Labute approximate surface area is 133 Å². The highest BCUT2D eigenvalue weighted by Gasteiger charge is 2.16. The zero-order chi connectivity index (χ0) is 14.9. The van der Waals surface area contributed by atoms with Gasteiger partial charge in [0.1, 0.15) is 5.75 Å². The van der Waals surface area contributed by atoms with E-state index in [2.05, 4.69) is 14.9 Å². The number of fused-ring (bicyclic) bond motifs is 2. The lowest BCUT2D eigenvalue weighted by Gasteiger charge is -2.17. The third-order valence-corrected chi connectivity index (χ3v) is 4.92. The van der Waals surface area contributed by atoms with Crippen LogP contribution in [0.15, 0.2) is 29.6 Å². The van der Waals surface area contributed by atoms with Crippen LogP contribution in [0.4, 0.5) is 0 Å². The number of amides is 1. The molecule has 0 bridgehead atoms. The molecular weight excluding hydrogens is 298 g/mol. The zero-order valence-electron chi connectivity index (χ0n) is 12.2. The van der Waals surface area contributed by atoms with Crippen molar-refractivity contribution in [1.82, 2.24) is 14.9 Å². The van der Waals surface area contributed by atoms with Crippen molar-refractivity contribution in [3.63, 3.8) is 0 Å². The standard InChI is InChI=1S/C16H17N3O2S/c20-15(12-3-4-14-11(8-12)2-1-6-21-14)17-9-13-10-19-5-7-22-16(19)18-13/h3-4,8,10H,1-2,5-7,9H2,(H,17,20). The molecule has 1 aromatic carbocycles. The molecule has 1 N–H and O–H groups in total. The third-order valence-electron chi connectivity index (χ3n) is 3.95. The number of imidazole rings is 1. The first-order valence-corrected chi connectivity index (χ1v) is 8.51. The summed E-state index contributed by atoms with van der Waals surface area (Å²) in [7, 11) is 0. The number of nitrogens with one attached hydrogen (secondary N) is 1. The maximum atomic E-state index is 12.3.